The van der Waals surface area contributed by atoms with Crippen molar-refractivity contribution in [2.75, 3.05) is 60.3 Å². The van der Waals surface area contributed by atoms with E-state index in [1.54, 1.807) is 11.9 Å². The third-order valence-corrected chi connectivity index (χ3v) is 14.3. The van der Waals surface area contributed by atoms with Gasteiger partial charge in [-0.2, -0.15) is 0 Å². The molecule has 308 valence electrons. The molecule has 3 heterocycles. The Morgan fingerprint density at radius 3 is 2.22 bits per heavy atom. The van der Waals surface area contributed by atoms with Gasteiger partial charge in [0.05, 0.1) is 10.6 Å². The van der Waals surface area contributed by atoms with Crippen molar-refractivity contribution in [3.05, 3.63) is 141 Å². The molecule has 12 heteroatoms. The fourth-order valence-corrected chi connectivity index (χ4v) is 10.6. The first-order chi connectivity index (χ1) is 28.8. The Kier molecular flexibility index (Phi) is 13.5. The lowest BCUT2D eigenvalue weighted by molar-refractivity contribution is -0.431. The van der Waals surface area contributed by atoms with Gasteiger partial charge < -0.3 is 24.0 Å². The Labute approximate surface area is 362 Å². The first kappa shape index (κ1) is 41.3. The second kappa shape index (κ2) is 19.3. The molecule has 0 spiro atoms. The minimum absolute atomic E-state index is 0.0162. The number of nitrogens with zero attached hydrogens (tertiary/aromatic N) is 5. The summed E-state index contributed by atoms with van der Waals surface area (Å²) in [5.41, 5.74) is 11.5. The summed E-state index contributed by atoms with van der Waals surface area (Å²) in [7, 11) is 2.21. The Balaban J connectivity index is 0.902. The van der Waals surface area contributed by atoms with Crippen molar-refractivity contribution in [2.45, 2.75) is 61.6 Å². The maximum absolute atomic E-state index is 12.0. The summed E-state index contributed by atoms with van der Waals surface area (Å²) < 4.78 is 9.16. The number of anilines is 3. The predicted octanol–water partition coefficient (Wildman–Crippen LogP) is 10.7. The number of piperidine rings is 1. The van der Waals surface area contributed by atoms with E-state index in [-0.39, 0.29) is 21.9 Å². The maximum atomic E-state index is 12.0. The molecule has 9 nitrogen and oxygen atoms in total. The van der Waals surface area contributed by atoms with Gasteiger partial charge in [0.1, 0.15) is 6.04 Å². The highest BCUT2D eigenvalue weighted by atomic mass is 35.5. The molecule has 2 N–H and O–H groups in total. The lowest BCUT2D eigenvalue weighted by atomic mass is 9.94. The van der Waals surface area contributed by atoms with Crippen molar-refractivity contribution < 1.29 is 4.92 Å². The highest BCUT2D eigenvalue weighted by Crippen LogP contribution is 2.41. The predicted molar refractivity (Wildman–Crippen MR) is 249 cm³/mol. The molecule has 2 saturated heterocycles. The van der Waals surface area contributed by atoms with Crippen LogP contribution >= 0.6 is 35.5 Å². The summed E-state index contributed by atoms with van der Waals surface area (Å²) in [5.74, 6) is 0. The second-order valence-corrected chi connectivity index (χ2v) is 18.2. The quantitative estimate of drug-likeness (QED) is 0.0645. The van der Waals surface area contributed by atoms with Crippen LogP contribution in [0.4, 0.5) is 17.1 Å². The summed E-state index contributed by atoms with van der Waals surface area (Å²) in [6.45, 7) is 9.51. The van der Waals surface area contributed by atoms with E-state index in [1.165, 1.54) is 89.3 Å². The highest BCUT2D eigenvalue weighted by Gasteiger charge is 2.32. The summed E-state index contributed by atoms with van der Waals surface area (Å²) in [6.07, 6.45) is 8.35. The van der Waals surface area contributed by atoms with Gasteiger partial charge >= 0.3 is 0 Å². The van der Waals surface area contributed by atoms with E-state index < -0.39 is 0 Å². The molecule has 2 atom stereocenters. The minimum Gasteiger partial charge on any atom is -0.368 e. The molecule has 0 saturated carbocycles. The molecule has 1 aliphatic carbocycles. The zero-order valence-corrected chi connectivity index (χ0v) is 36.4. The van der Waals surface area contributed by atoms with Crippen LogP contribution in [0.1, 0.15) is 43.4 Å². The molecular formula is C47H54ClN7O2S2. The standard InChI is InChI=1S/C47H54ClN7O2S2/c1-34-43(24-27-52-25-7-4-8-26-52)46(47(51(34)2)35-14-16-37(48)17-15-35)36-10-9-11-40(32-36)54-30-28-53(29-31-54)39-20-18-38(19-21-39)49-59-42-22-23-44(45(33-42)55(56)57)50-58-41-12-5-3-6-13-41/h3,5-6,9-21,32-33,42,44,49-50H,4,7-8,22-31H2,1-2H3. The Morgan fingerprint density at radius 1 is 0.797 bits per heavy atom. The number of halogens is 1. The van der Waals surface area contributed by atoms with Crippen molar-refractivity contribution >= 4 is 52.6 Å². The second-order valence-electron chi connectivity index (χ2n) is 15.8. The Morgan fingerprint density at radius 2 is 1.51 bits per heavy atom. The van der Waals surface area contributed by atoms with Crippen LogP contribution in [0.15, 0.2) is 120 Å². The smallest absolute Gasteiger partial charge is 0.261 e. The van der Waals surface area contributed by atoms with Crippen LogP contribution in [0.3, 0.4) is 0 Å². The third kappa shape index (κ3) is 9.98. The summed E-state index contributed by atoms with van der Waals surface area (Å²) in [4.78, 5) is 20.4. The summed E-state index contributed by atoms with van der Waals surface area (Å²) in [6, 6.07) is 35.7. The van der Waals surface area contributed by atoms with Crippen LogP contribution < -0.4 is 19.2 Å². The van der Waals surface area contributed by atoms with Gasteiger partial charge in [0.2, 0.25) is 0 Å². The van der Waals surface area contributed by atoms with Crippen LogP contribution in [0.2, 0.25) is 5.02 Å². The van der Waals surface area contributed by atoms with E-state index in [9.17, 15) is 10.1 Å². The molecule has 5 aromatic rings. The molecular weight excluding hydrogens is 794 g/mol. The van der Waals surface area contributed by atoms with Crippen molar-refractivity contribution in [1.29, 1.82) is 0 Å². The van der Waals surface area contributed by atoms with Gasteiger partial charge in [0.25, 0.3) is 5.70 Å². The number of likely N-dealkylation sites (tertiary alicyclic amines) is 1. The monoisotopic (exact) mass is 847 g/mol. The molecule has 0 radical (unpaired) electrons. The molecule has 3 aliphatic rings. The normalized spacial score (nSPS) is 18.8. The lowest BCUT2D eigenvalue weighted by Crippen LogP contribution is -2.46. The maximum Gasteiger partial charge on any atom is 0.261 e. The number of piperazine rings is 1. The fraction of sp³-hybridized carbons (Fsp3) is 0.362. The molecule has 2 unspecified atom stereocenters. The Hall–Kier alpha value is -4.39. The minimum atomic E-state index is -0.288. The number of aromatic nitrogens is 1. The molecule has 1 aromatic heterocycles. The van der Waals surface area contributed by atoms with Gasteiger partial charge in [-0.25, -0.2) is 4.72 Å². The number of nitro groups is 1. The van der Waals surface area contributed by atoms with Gasteiger partial charge in [-0.15, -0.1) is 0 Å². The van der Waals surface area contributed by atoms with Gasteiger partial charge in [0.15, 0.2) is 0 Å². The van der Waals surface area contributed by atoms with E-state index in [0.29, 0.717) is 6.42 Å². The molecule has 2 aliphatic heterocycles. The number of nitrogens with one attached hydrogen (secondary N) is 2. The number of benzene rings is 4. The van der Waals surface area contributed by atoms with E-state index in [4.69, 9.17) is 11.6 Å². The number of hydrogen-bond acceptors (Lipinski definition) is 9. The fourth-order valence-electron chi connectivity index (χ4n) is 8.74. The van der Waals surface area contributed by atoms with Gasteiger partial charge in [0, 0.05) is 89.3 Å². The number of hydrogen-bond donors (Lipinski definition) is 2. The summed E-state index contributed by atoms with van der Waals surface area (Å²) in [5, 5.41) is 12.7. The topological polar surface area (TPSA) is 81.8 Å². The average molecular weight is 849 g/mol. The average Bonchev–Trinajstić information content (AvgIpc) is 3.53. The van der Waals surface area contributed by atoms with E-state index in [1.807, 2.05) is 48.5 Å². The van der Waals surface area contributed by atoms with E-state index in [2.05, 4.69) is 103 Å². The molecule has 2 fully saturated rings. The van der Waals surface area contributed by atoms with Crippen molar-refractivity contribution in [2.24, 2.45) is 7.05 Å². The first-order valence-corrected chi connectivity index (χ1v) is 23.0. The van der Waals surface area contributed by atoms with Crippen LogP contribution in [-0.4, -0.2) is 71.5 Å². The molecule has 8 rings (SSSR count). The molecule has 0 amide bonds. The molecule has 4 aromatic carbocycles. The van der Waals surface area contributed by atoms with Crippen molar-refractivity contribution in [3.63, 3.8) is 0 Å². The van der Waals surface area contributed by atoms with Crippen molar-refractivity contribution in [3.8, 4) is 22.4 Å². The van der Waals surface area contributed by atoms with Crippen LogP contribution in [-0.2, 0) is 13.5 Å². The largest absolute Gasteiger partial charge is 0.368 e. The van der Waals surface area contributed by atoms with Crippen LogP contribution in [0, 0.1) is 17.0 Å². The SMILES string of the molecule is Cc1c(CCN2CCCCC2)c(-c2cccc(N3CCN(c4ccc(NSC5C=C([N+](=O)[O-])C(NSc6ccccc6)CC5)cc4)CC3)c2)c(-c2ccc(Cl)cc2)n1C. The third-order valence-electron chi connectivity index (χ3n) is 12.1. The first-order valence-electron chi connectivity index (χ1n) is 20.9. The zero-order chi connectivity index (χ0) is 40.7. The highest BCUT2D eigenvalue weighted by molar-refractivity contribution is 8.01. The molecule has 0 bridgehead atoms. The Bertz CT molecular complexity index is 2220. The van der Waals surface area contributed by atoms with Gasteiger partial charge in [-0.05, 0) is 153 Å². The zero-order valence-electron chi connectivity index (χ0n) is 34.0. The van der Waals surface area contributed by atoms with Crippen LogP contribution in [0.25, 0.3) is 22.4 Å². The number of rotatable bonds is 14. The summed E-state index contributed by atoms with van der Waals surface area (Å²) >= 11 is 9.35. The lowest BCUT2D eigenvalue weighted by Gasteiger charge is -2.37. The van der Waals surface area contributed by atoms with Crippen molar-refractivity contribution in [1.82, 2.24) is 14.2 Å². The van der Waals surface area contributed by atoms with Gasteiger partial charge in [-0.1, -0.05) is 60.5 Å². The van der Waals surface area contributed by atoms with Gasteiger partial charge in [-0.3, -0.25) is 10.1 Å². The van der Waals surface area contributed by atoms with E-state index >= 15 is 0 Å². The molecule has 59 heavy (non-hydrogen) atoms. The van der Waals surface area contributed by atoms with E-state index in [0.717, 1.165) is 61.2 Å². The van der Waals surface area contributed by atoms with Crippen LogP contribution in [0.5, 0.6) is 0 Å².